The number of rotatable bonds is 4. The van der Waals surface area contributed by atoms with E-state index in [1.807, 2.05) is 25.1 Å². The number of aromatic nitrogens is 1. The Hall–Kier alpha value is -0.260. The van der Waals surface area contributed by atoms with Crippen molar-refractivity contribution in [2.75, 3.05) is 11.5 Å². The van der Waals surface area contributed by atoms with Gasteiger partial charge in [0.05, 0.1) is 10.8 Å². The summed E-state index contributed by atoms with van der Waals surface area (Å²) in [6.45, 7) is 1.89. The van der Waals surface area contributed by atoms with Gasteiger partial charge in [-0.1, -0.05) is 6.07 Å². The van der Waals surface area contributed by atoms with Gasteiger partial charge >= 0.3 is 0 Å². The lowest BCUT2D eigenvalue weighted by Crippen LogP contribution is -1.99. The third-order valence-corrected chi connectivity index (χ3v) is 3.78. The third kappa shape index (κ3) is 4.83. The maximum absolute atomic E-state index is 10.6. The van der Waals surface area contributed by atoms with E-state index in [0.717, 1.165) is 10.7 Å². The molecule has 14 heavy (non-hydrogen) atoms. The van der Waals surface area contributed by atoms with E-state index in [4.69, 9.17) is 10.7 Å². The van der Waals surface area contributed by atoms with Gasteiger partial charge in [-0.05, 0) is 19.1 Å². The predicted molar refractivity (Wildman–Crippen MR) is 59.3 cm³/mol. The zero-order valence-electron chi connectivity index (χ0n) is 7.60. The summed E-state index contributed by atoms with van der Waals surface area (Å²) in [5.41, 5.74) is 0.920. The first-order valence-corrected chi connectivity index (χ1v) is 7.42. The van der Waals surface area contributed by atoms with Gasteiger partial charge in [-0.3, -0.25) is 0 Å². The molecular formula is C8H10ClNO2S2. The Morgan fingerprint density at radius 2 is 2.21 bits per heavy atom. The molecule has 0 aliphatic rings. The SMILES string of the molecule is Cc1cccc(SCCS(=O)(=O)Cl)n1. The standard InChI is InChI=1S/C8H10ClNO2S2/c1-7-3-2-4-8(10-7)13-5-6-14(9,11)12/h2-4H,5-6H2,1H3. The van der Waals surface area contributed by atoms with Crippen LogP contribution in [-0.4, -0.2) is 24.9 Å². The maximum atomic E-state index is 10.6. The molecule has 0 bridgehead atoms. The van der Waals surface area contributed by atoms with Gasteiger partial charge in [0.1, 0.15) is 0 Å². The van der Waals surface area contributed by atoms with E-state index in [0.29, 0.717) is 5.75 Å². The lowest BCUT2D eigenvalue weighted by molar-refractivity contribution is 0.611. The van der Waals surface area contributed by atoms with Crippen LogP contribution in [-0.2, 0) is 9.05 Å². The minimum absolute atomic E-state index is 0.0329. The van der Waals surface area contributed by atoms with E-state index in [1.165, 1.54) is 11.8 Å². The molecule has 6 heteroatoms. The van der Waals surface area contributed by atoms with Gasteiger partial charge in [-0.25, -0.2) is 13.4 Å². The van der Waals surface area contributed by atoms with Crippen LogP contribution in [0.3, 0.4) is 0 Å². The fraction of sp³-hybridized carbons (Fsp3) is 0.375. The molecule has 0 spiro atoms. The first-order valence-electron chi connectivity index (χ1n) is 3.96. The van der Waals surface area contributed by atoms with Gasteiger partial charge < -0.3 is 0 Å². The summed E-state index contributed by atoms with van der Waals surface area (Å²) in [5, 5.41) is 0.824. The molecule has 0 saturated heterocycles. The molecule has 1 aromatic heterocycles. The summed E-state index contributed by atoms with van der Waals surface area (Å²) >= 11 is 1.39. The molecule has 0 fully saturated rings. The van der Waals surface area contributed by atoms with Crippen LogP contribution in [0.2, 0.25) is 0 Å². The Balaban J connectivity index is 2.47. The second kappa shape index (κ2) is 5.00. The fourth-order valence-corrected chi connectivity index (χ4v) is 3.13. The van der Waals surface area contributed by atoms with E-state index >= 15 is 0 Å². The molecule has 1 rings (SSSR count). The van der Waals surface area contributed by atoms with E-state index in [-0.39, 0.29) is 5.75 Å². The molecule has 78 valence electrons. The summed E-state index contributed by atoms with van der Waals surface area (Å²) in [4.78, 5) is 4.22. The molecule has 0 amide bonds. The minimum Gasteiger partial charge on any atom is -0.247 e. The summed E-state index contributed by atoms with van der Waals surface area (Å²) in [6, 6.07) is 5.63. The molecule has 0 radical (unpaired) electrons. The molecule has 0 unspecified atom stereocenters. The number of hydrogen-bond donors (Lipinski definition) is 0. The molecule has 0 aromatic carbocycles. The van der Waals surface area contributed by atoms with Crippen molar-refractivity contribution < 1.29 is 8.42 Å². The Labute approximate surface area is 92.3 Å². The second-order valence-corrected chi connectivity index (χ2v) is 6.72. The van der Waals surface area contributed by atoms with Crippen LogP contribution in [0.4, 0.5) is 0 Å². The average molecular weight is 252 g/mol. The van der Waals surface area contributed by atoms with Crippen LogP contribution in [0.5, 0.6) is 0 Å². The monoisotopic (exact) mass is 251 g/mol. The first kappa shape index (κ1) is 11.8. The van der Waals surface area contributed by atoms with Gasteiger partial charge in [-0.15, -0.1) is 11.8 Å². The normalized spacial score (nSPS) is 11.6. The first-order chi connectivity index (χ1) is 6.47. The van der Waals surface area contributed by atoms with Gasteiger partial charge in [-0.2, -0.15) is 0 Å². The van der Waals surface area contributed by atoms with Crippen LogP contribution in [0, 0.1) is 6.92 Å². The van der Waals surface area contributed by atoms with Gasteiger partial charge in [0.2, 0.25) is 9.05 Å². The Bertz CT molecular complexity index is 406. The topological polar surface area (TPSA) is 47.0 Å². The average Bonchev–Trinajstić information content (AvgIpc) is 2.01. The third-order valence-electron chi connectivity index (χ3n) is 1.44. The molecular weight excluding hydrogens is 242 g/mol. The summed E-state index contributed by atoms with van der Waals surface area (Å²) in [7, 11) is 1.69. The van der Waals surface area contributed by atoms with E-state index < -0.39 is 9.05 Å². The van der Waals surface area contributed by atoms with Crippen molar-refractivity contribution in [2.24, 2.45) is 0 Å². The smallest absolute Gasteiger partial charge is 0.233 e. The van der Waals surface area contributed by atoms with Crippen LogP contribution in [0.25, 0.3) is 0 Å². The molecule has 0 aliphatic carbocycles. The van der Waals surface area contributed by atoms with Crippen molar-refractivity contribution in [3.05, 3.63) is 23.9 Å². The molecule has 1 heterocycles. The van der Waals surface area contributed by atoms with Crippen molar-refractivity contribution >= 4 is 31.5 Å². The molecule has 0 N–H and O–H groups in total. The Kier molecular flexibility index (Phi) is 4.22. The van der Waals surface area contributed by atoms with E-state index in [1.54, 1.807) is 0 Å². The number of thioether (sulfide) groups is 1. The summed E-state index contributed by atoms with van der Waals surface area (Å²) in [6.07, 6.45) is 0. The number of aryl methyl sites for hydroxylation is 1. The number of halogens is 1. The van der Waals surface area contributed by atoms with Crippen LogP contribution in [0.1, 0.15) is 5.69 Å². The van der Waals surface area contributed by atoms with Gasteiger partial charge in [0.25, 0.3) is 0 Å². The highest BCUT2D eigenvalue weighted by Crippen LogP contribution is 2.16. The number of pyridine rings is 1. The van der Waals surface area contributed by atoms with E-state index in [9.17, 15) is 8.42 Å². The van der Waals surface area contributed by atoms with Crippen LogP contribution < -0.4 is 0 Å². The van der Waals surface area contributed by atoms with Crippen LogP contribution >= 0.6 is 22.4 Å². The minimum atomic E-state index is -3.38. The Morgan fingerprint density at radius 3 is 2.79 bits per heavy atom. The lowest BCUT2D eigenvalue weighted by Gasteiger charge is -1.99. The number of hydrogen-bond acceptors (Lipinski definition) is 4. The molecule has 0 aliphatic heterocycles. The van der Waals surface area contributed by atoms with Crippen LogP contribution in [0.15, 0.2) is 23.2 Å². The molecule has 1 aromatic rings. The Morgan fingerprint density at radius 1 is 1.50 bits per heavy atom. The van der Waals surface area contributed by atoms with Crippen molar-refractivity contribution in [1.82, 2.24) is 4.98 Å². The highest BCUT2D eigenvalue weighted by molar-refractivity contribution is 8.14. The van der Waals surface area contributed by atoms with Gasteiger partial charge in [0.15, 0.2) is 0 Å². The fourth-order valence-electron chi connectivity index (χ4n) is 0.844. The summed E-state index contributed by atoms with van der Waals surface area (Å²) < 4.78 is 21.2. The maximum Gasteiger partial charge on any atom is 0.233 e. The highest BCUT2D eigenvalue weighted by atomic mass is 35.7. The molecule has 0 atom stereocenters. The zero-order chi connectivity index (χ0) is 10.6. The van der Waals surface area contributed by atoms with Crippen molar-refractivity contribution in [3.8, 4) is 0 Å². The largest absolute Gasteiger partial charge is 0.247 e. The second-order valence-electron chi connectivity index (χ2n) is 2.71. The van der Waals surface area contributed by atoms with Crippen molar-refractivity contribution in [2.45, 2.75) is 11.9 Å². The molecule has 3 nitrogen and oxygen atoms in total. The summed E-state index contributed by atoms with van der Waals surface area (Å²) in [5.74, 6) is 0.400. The highest BCUT2D eigenvalue weighted by Gasteiger charge is 2.05. The number of nitrogens with zero attached hydrogens (tertiary/aromatic N) is 1. The lowest BCUT2D eigenvalue weighted by atomic mass is 10.4. The van der Waals surface area contributed by atoms with E-state index in [2.05, 4.69) is 4.98 Å². The zero-order valence-corrected chi connectivity index (χ0v) is 9.99. The van der Waals surface area contributed by atoms with Crippen molar-refractivity contribution in [3.63, 3.8) is 0 Å². The van der Waals surface area contributed by atoms with Gasteiger partial charge in [0, 0.05) is 22.1 Å². The van der Waals surface area contributed by atoms with Crippen molar-refractivity contribution in [1.29, 1.82) is 0 Å². The quantitative estimate of drug-likeness (QED) is 0.607. The molecule has 0 saturated carbocycles. The predicted octanol–water partition coefficient (Wildman–Crippen LogP) is 2.05.